The number of imide groups is 1. The summed E-state index contributed by atoms with van der Waals surface area (Å²) in [5.74, 6) is -1.29. The van der Waals surface area contributed by atoms with Crippen molar-refractivity contribution < 1.29 is 33.4 Å². The number of fused-ring (bicyclic) bond motifs is 1. The van der Waals surface area contributed by atoms with Crippen LogP contribution >= 0.6 is 0 Å². The van der Waals surface area contributed by atoms with Crippen molar-refractivity contribution in [3.05, 3.63) is 29.8 Å². The Kier molecular flexibility index (Phi) is 6.74. The van der Waals surface area contributed by atoms with Gasteiger partial charge in [0.15, 0.2) is 0 Å². The lowest BCUT2D eigenvalue weighted by atomic mass is 9.91. The molecule has 0 saturated carbocycles. The first-order valence-corrected chi connectivity index (χ1v) is 9.66. The van der Waals surface area contributed by atoms with Crippen LogP contribution in [0, 0.1) is 0 Å². The summed E-state index contributed by atoms with van der Waals surface area (Å²) in [6, 6.07) is 6.56. The summed E-state index contributed by atoms with van der Waals surface area (Å²) in [5.41, 5.74) is -1.74. The number of para-hydroxylation sites is 1. The molecule has 3 amide bonds. The van der Waals surface area contributed by atoms with Gasteiger partial charge in [-0.25, -0.2) is 14.5 Å². The number of rotatable bonds is 3. The second kappa shape index (κ2) is 8.73. The van der Waals surface area contributed by atoms with Crippen molar-refractivity contribution in [2.45, 2.75) is 65.2 Å². The van der Waals surface area contributed by atoms with Crippen molar-refractivity contribution in [2.24, 2.45) is 0 Å². The zero-order valence-corrected chi connectivity index (χ0v) is 18.1. The molecule has 164 valence electrons. The molecule has 0 fully saturated rings. The maximum absolute atomic E-state index is 13.5. The molecule has 1 N–H and O–H groups in total. The minimum Gasteiger partial charge on any atom is -0.457 e. The Bertz CT molecular complexity index is 846. The average molecular weight is 420 g/mol. The minimum atomic E-state index is -1.62. The van der Waals surface area contributed by atoms with E-state index in [1.54, 1.807) is 52.0 Å². The molecule has 1 aliphatic rings. The summed E-state index contributed by atoms with van der Waals surface area (Å²) in [5, 5.41) is 2.56. The standard InChI is InChI=1S/C21H28N2O7/c1-7-28-19(27)23-15-11-9-8-10-14(15)16(29-13(2)24)12-21(6,17(23)25)22-18(26)30-20(3,4)5/h8-11,16H,7,12H2,1-6H3,(H,22,26)/t16?,21-/m0/s1. The highest BCUT2D eigenvalue weighted by molar-refractivity contribution is 6.17. The number of carbonyl (C=O) groups is 4. The Morgan fingerprint density at radius 2 is 1.87 bits per heavy atom. The lowest BCUT2D eigenvalue weighted by molar-refractivity contribution is -0.148. The Morgan fingerprint density at radius 1 is 1.23 bits per heavy atom. The van der Waals surface area contributed by atoms with Gasteiger partial charge in [0.1, 0.15) is 17.2 Å². The number of nitrogens with one attached hydrogen (secondary N) is 1. The molecule has 0 saturated heterocycles. The number of anilines is 1. The second-order valence-electron chi connectivity index (χ2n) is 8.16. The van der Waals surface area contributed by atoms with Gasteiger partial charge in [-0.05, 0) is 40.7 Å². The molecule has 0 aromatic heterocycles. The van der Waals surface area contributed by atoms with Gasteiger partial charge in [-0.1, -0.05) is 18.2 Å². The van der Waals surface area contributed by atoms with E-state index in [0.717, 1.165) is 4.90 Å². The summed E-state index contributed by atoms with van der Waals surface area (Å²) in [6.45, 7) is 9.43. The molecular weight excluding hydrogens is 392 g/mol. The van der Waals surface area contributed by atoms with Crippen molar-refractivity contribution in [1.29, 1.82) is 0 Å². The lowest BCUT2D eigenvalue weighted by Crippen LogP contribution is -2.59. The fourth-order valence-corrected chi connectivity index (χ4v) is 3.20. The third-order valence-corrected chi connectivity index (χ3v) is 4.33. The maximum atomic E-state index is 13.5. The summed E-state index contributed by atoms with van der Waals surface area (Å²) < 4.78 is 15.8. The van der Waals surface area contributed by atoms with Gasteiger partial charge in [0.25, 0.3) is 5.91 Å². The van der Waals surface area contributed by atoms with Gasteiger partial charge in [-0.2, -0.15) is 0 Å². The van der Waals surface area contributed by atoms with Gasteiger partial charge in [0.05, 0.1) is 12.3 Å². The van der Waals surface area contributed by atoms with Crippen LogP contribution in [-0.4, -0.2) is 41.8 Å². The number of benzene rings is 1. The van der Waals surface area contributed by atoms with Crippen molar-refractivity contribution >= 4 is 29.8 Å². The Hall–Kier alpha value is -3.10. The van der Waals surface area contributed by atoms with Crippen LogP contribution in [0.2, 0.25) is 0 Å². The summed E-state index contributed by atoms with van der Waals surface area (Å²) in [6.07, 6.45) is -2.72. The molecule has 1 heterocycles. The summed E-state index contributed by atoms with van der Waals surface area (Å²) >= 11 is 0. The van der Waals surface area contributed by atoms with E-state index in [0.29, 0.717) is 5.56 Å². The number of nitrogens with zero attached hydrogens (tertiary/aromatic N) is 1. The summed E-state index contributed by atoms with van der Waals surface area (Å²) in [4.78, 5) is 51.2. The van der Waals surface area contributed by atoms with E-state index >= 15 is 0 Å². The van der Waals surface area contributed by atoms with E-state index in [4.69, 9.17) is 14.2 Å². The third-order valence-electron chi connectivity index (χ3n) is 4.33. The number of carbonyl (C=O) groups excluding carboxylic acids is 4. The smallest absolute Gasteiger partial charge is 0.421 e. The fourth-order valence-electron chi connectivity index (χ4n) is 3.20. The highest BCUT2D eigenvalue weighted by Crippen LogP contribution is 2.40. The third kappa shape index (κ3) is 5.28. The van der Waals surface area contributed by atoms with Gasteiger partial charge in [0, 0.05) is 18.9 Å². The average Bonchev–Trinajstić information content (AvgIpc) is 2.67. The lowest BCUT2D eigenvalue weighted by Gasteiger charge is -2.33. The zero-order valence-electron chi connectivity index (χ0n) is 18.1. The number of hydrogen-bond acceptors (Lipinski definition) is 7. The molecule has 1 aliphatic heterocycles. The predicted molar refractivity (Wildman–Crippen MR) is 108 cm³/mol. The molecule has 0 aliphatic carbocycles. The van der Waals surface area contributed by atoms with Crippen LogP contribution in [0.4, 0.5) is 15.3 Å². The van der Waals surface area contributed by atoms with E-state index < -0.39 is 41.3 Å². The number of ether oxygens (including phenoxy) is 3. The van der Waals surface area contributed by atoms with Gasteiger partial charge in [-0.15, -0.1) is 0 Å². The molecule has 1 aromatic rings. The molecule has 30 heavy (non-hydrogen) atoms. The van der Waals surface area contributed by atoms with Crippen molar-refractivity contribution in [2.75, 3.05) is 11.5 Å². The molecule has 1 unspecified atom stereocenters. The number of hydrogen-bond donors (Lipinski definition) is 1. The van der Waals surface area contributed by atoms with Gasteiger partial charge in [-0.3, -0.25) is 9.59 Å². The van der Waals surface area contributed by atoms with Crippen LogP contribution in [-0.2, 0) is 23.8 Å². The molecule has 9 nitrogen and oxygen atoms in total. The monoisotopic (exact) mass is 420 g/mol. The molecule has 9 heteroatoms. The number of amides is 3. The fraction of sp³-hybridized carbons (Fsp3) is 0.524. The first-order chi connectivity index (χ1) is 13.9. The van der Waals surface area contributed by atoms with Gasteiger partial charge >= 0.3 is 18.2 Å². The molecule has 0 bridgehead atoms. The molecule has 0 spiro atoms. The maximum Gasteiger partial charge on any atom is 0.421 e. The van der Waals surface area contributed by atoms with Crippen LogP contribution < -0.4 is 10.2 Å². The highest BCUT2D eigenvalue weighted by Gasteiger charge is 2.48. The van der Waals surface area contributed by atoms with E-state index in [9.17, 15) is 19.2 Å². The zero-order chi connectivity index (χ0) is 22.7. The van der Waals surface area contributed by atoms with Gasteiger partial charge in [0.2, 0.25) is 0 Å². The first kappa shape index (κ1) is 23.2. The topological polar surface area (TPSA) is 111 Å². The van der Waals surface area contributed by atoms with E-state index in [-0.39, 0.29) is 18.7 Å². The van der Waals surface area contributed by atoms with Crippen LogP contribution in [0.3, 0.4) is 0 Å². The number of esters is 1. The Balaban J connectivity index is 2.56. The quantitative estimate of drug-likeness (QED) is 0.589. The summed E-state index contributed by atoms with van der Waals surface area (Å²) in [7, 11) is 0. The number of alkyl carbamates (subject to hydrolysis) is 1. The minimum absolute atomic E-state index is 0.0500. The van der Waals surface area contributed by atoms with E-state index in [1.165, 1.54) is 13.8 Å². The molecular formula is C21H28N2O7. The Labute approximate surface area is 175 Å². The molecule has 1 aromatic carbocycles. The van der Waals surface area contributed by atoms with Gasteiger partial charge < -0.3 is 19.5 Å². The molecule has 2 rings (SSSR count). The first-order valence-electron chi connectivity index (χ1n) is 9.66. The second-order valence-corrected chi connectivity index (χ2v) is 8.16. The normalized spacial score (nSPS) is 21.2. The van der Waals surface area contributed by atoms with Crippen LogP contribution in [0.5, 0.6) is 0 Å². The van der Waals surface area contributed by atoms with Crippen molar-refractivity contribution in [1.82, 2.24) is 5.32 Å². The van der Waals surface area contributed by atoms with Crippen LogP contribution in [0.15, 0.2) is 24.3 Å². The van der Waals surface area contributed by atoms with Crippen molar-refractivity contribution in [3.63, 3.8) is 0 Å². The van der Waals surface area contributed by atoms with E-state index in [2.05, 4.69) is 5.32 Å². The predicted octanol–water partition coefficient (Wildman–Crippen LogP) is 3.47. The van der Waals surface area contributed by atoms with Crippen LogP contribution in [0.25, 0.3) is 0 Å². The Morgan fingerprint density at radius 3 is 2.43 bits per heavy atom. The van der Waals surface area contributed by atoms with Crippen LogP contribution in [0.1, 0.15) is 59.6 Å². The SMILES string of the molecule is CCOC(=O)N1C(=O)[C@@](C)(NC(=O)OC(C)(C)C)CC(OC(C)=O)c2ccccc21. The highest BCUT2D eigenvalue weighted by atomic mass is 16.6. The molecule has 0 radical (unpaired) electrons. The molecule has 2 atom stereocenters. The van der Waals surface area contributed by atoms with E-state index in [1.807, 2.05) is 0 Å². The van der Waals surface area contributed by atoms with Crippen molar-refractivity contribution in [3.8, 4) is 0 Å². The largest absolute Gasteiger partial charge is 0.457 e.